The predicted octanol–water partition coefficient (Wildman–Crippen LogP) is 5.84. The van der Waals surface area contributed by atoms with Crippen LogP contribution in [0.2, 0.25) is 0 Å². The van der Waals surface area contributed by atoms with Crippen LogP contribution >= 0.6 is 0 Å². The number of benzene rings is 3. The first-order chi connectivity index (χ1) is 17.5. The molecule has 0 saturated heterocycles. The van der Waals surface area contributed by atoms with Gasteiger partial charge in [-0.1, -0.05) is 29.8 Å². The van der Waals surface area contributed by atoms with Crippen LogP contribution in [-0.4, -0.2) is 42.1 Å². The monoisotopic (exact) mass is 483 g/mol. The van der Waals surface area contributed by atoms with Crippen molar-refractivity contribution in [2.45, 2.75) is 26.3 Å². The predicted molar refractivity (Wildman–Crippen MR) is 140 cm³/mol. The number of ether oxygens (including phenoxy) is 2. The number of methoxy groups -OCH3 is 1. The molecule has 0 radical (unpaired) electrons. The van der Waals surface area contributed by atoms with Crippen molar-refractivity contribution in [3.8, 4) is 5.75 Å². The van der Waals surface area contributed by atoms with Crippen molar-refractivity contribution in [2.75, 3.05) is 25.6 Å². The molecule has 1 atom stereocenters. The Morgan fingerprint density at radius 2 is 1.81 bits per heavy atom. The summed E-state index contributed by atoms with van der Waals surface area (Å²) in [5.41, 5.74) is 6.50. The van der Waals surface area contributed by atoms with E-state index in [0.717, 1.165) is 39.9 Å². The summed E-state index contributed by atoms with van der Waals surface area (Å²) in [5.74, 6) is 0.427. The van der Waals surface area contributed by atoms with Crippen molar-refractivity contribution in [1.82, 2.24) is 9.88 Å². The minimum absolute atomic E-state index is 0.202. The van der Waals surface area contributed by atoms with Crippen LogP contribution < -0.4 is 10.1 Å². The Morgan fingerprint density at radius 3 is 2.50 bits per heavy atom. The second kappa shape index (κ2) is 9.77. The van der Waals surface area contributed by atoms with E-state index in [1.165, 1.54) is 5.56 Å². The number of nitrogens with one attached hydrogen (secondary N) is 2. The quantitative estimate of drug-likeness (QED) is 0.349. The highest BCUT2D eigenvalue weighted by Crippen LogP contribution is 2.39. The van der Waals surface area contributed by atoms with Crippen LogP contribution in [0.5, 0.6) is 5.75 Å². The van der Waals surface area contributed by atoms with Crippen LogP contribution in [0.1, 0.15) is 45.7 Å². The van der Waals surface area contributed by atoms with Gasteiger partial charge in [0.25, 0.3) is 0 Å². The first-order valence-electron chi connectivity index (χ1n) is 12.1. The maximum absolute atomic E-state index is 13.6. The molecule has 0 bridgehead atoms. The first kappa shape index (κ1) is 23.5. The second-order valence-corrected chi connectivity index (χ2v) is 8.91. The number of anilines is 1. The van der Waals surface area contributed by atoms with E-state index >= 15 is 0 Å². The number of aromatic nitrogens is 1. The maximum atomic E-state index is 13.6. The van der Waals surface area contributed by atoms with Crippen molar-refractivity contribution in [3.63, 3.8) is 0 Å². The lowest BCUT2D eigenvalue weighted by Gasteiger charge is -2.36. The molecule has 7 heteroatoms. The van der Waals surface area contributed by atoms with Gasteiger partial charge in [-0.2, -0.15) is 0 Å². The van der Waals surface area contributed by atoms with E-state index in [-0.39, 0.29) is 18.0 Å². The molecular formula is C29H29N3O4. The fourth-order valence-electron chi connectivity index (χ4n) is 4.81. The Kier molecular flexibility index (Phi) is 6.38. The van der Waals surface area contributed by atoms with E-state index in [9.17, 15) is 9.59 Å². The fourth-order valence-corrected chi connectivity index (χ4v) is 4.81. The number of aromatic amines is 1. The van der Waals surface area contributed by atoms with E-state index in [2.05, 4.69) is 47.6 Å². The minimum atomic E-state index is -0.381. The average molecular weight is 484 g/mol. The number of carbonyl (C=O) groups excluding carboxylic acids is 2. The summed E-state index contributed by atoms with van der Waals surface area (Å²) in [6.45, 7) is 4.69. The Balaban J connectivity index is 1.48. The number of fused-ring (bicyclic) bond motifs is 3. The molecule has 36 heavy (non-hydrogen) atoms. The highest BCUT2D eigenvalue weighted by Gasteiger charge is 2.34. The Labute approximate surface area is 210 Å². The molecule has 0 spiro atoms. The number of amides is 2. The number of hydrogen-bond acceptors (Lipinski definition) is 4. The Morgan fingerprint density at radius 1 is 1.06 bits per heavy atom. The van der Waals surface area contributed by atoms with Gasteiger partial charge in [0.15, 0.2) is 0 Å². The van der Waals surface area contributed by atoms with Crippen molar-refractivity contribution in [1.29, 1.82) is 0 Å². The van der Waals surface area contributed by atoms with Gasteiger partial charge < -0.3 is 24.7 Å². The van der Waals surface area contributed by atoms with Gasteiger partial charge in [0.2, 0.25) is 0 Å². The van der Waals surface area contributed by atoms with Gasteiger partial charge in [0.05, 0.1) is 25.3 Å². The Bertz CT molecular complexity index is 1410. The van der Waals surface area contributed by atoms with Crippen LogP contribution in [0.4, 0.5) is 10.5 Å². The summed E-state index contributed by atoms with van der Waals surface area (Å²) < 4.78 is 10.5. The molecule has 7 nitrogen and oxygen atoms in total. The van der Waals surface area contributed by atoms with Crippen molar-refractivity contribution in [2.24, 2.45) is 0 Å². The topological polar surface area (TPSA) is 83.7 Å². The summed E-state index contributed by atoms with van der Waals surface area (Å²) in [7, 11) is 1.67. The van der Waals surface area contributed by atoms with Crippen molar-refractivity contribution < 1.29 is 19.1 Å². The van der Waals surface area contributed by atoms with E-state index in [1.54, 1.807) is 38.3 Å². The molecule has 2 amide bonds. The van der Waals surface area contributed by atoms with E-state index < -0.39 is 0 Å². The number of hydrogen-bond donors (Lipinski definition) is 2. The molecule has 1 aliphatic heterocycles. The minimum Gasteiger partial charge on any atom is -0.497 e. The number of esters is 1. The molecule has 1 aromatic heterocycles. The van der Waals surface area contributed by atoms with Gasteiger partial charge in [0.1, 0.15) is 5.75 Å². The largest absolute Gasteiger partial charge is 0.497 e. The number of H-pyrrole nitrogens is 1. The van der Waals surface area contributed by atoms with Gasteiger partial charge >= 0.3 is 12.0 Å². The molecular weight excluding hydrogens is 454 g/mol. The van der Waals surface area contributed by atoms with Gasteiger partial charge in [-0.15, -0.1) is 0 Å². The van der Waals surface area contributed by atoms with Gasteiger partial charge in [-0.25, -0.2) is 9.59 Å². The molecule has 0 unspecified atom stereocenters. The highest BCUT2D eigenvalue weighted by molar-refractivity contribution is 5.93. The van der Waals surface area contributed by atoms with E-state index in [0.29, 0.717) is 24.4 Å². The van der Waals surface area contributed by atoms with Gasteiger partial charge in [-0.3, -0.25) is 0 Å². The normalized spacial score (nSPS) is 14.9. The molecule has 1 aliphatic rings. The zero-order valence-electron chi connectivity index (χ0n) is 20.6. The Hall–Kier alpha value is -4.26. The molecule has 184 valence electrons. The van der Waals surface area contributed by atoms with Crippen molar-refractivity contribution in [3.05, 3.63) is 94.7 Å². The SMILES string of the molecule is CCOC(=O)c1ccc(NC(=O)N2CCc3c([nH]c4ccc(OC)cc34)[C@@H]2c2ccc(C)cc2)cc1. The van der Waals surface area contributed by atoms with Crippen LogP contribution in [0.25, 0.3) is 10.9 Å². The lowest BCUT2D eigenvalue weighted by molar-refractivity contribution is 0.0526. The molecule has 5 rings (SSSR count). The first-order valence-corrected chi connectivity index (χ1v) is 12.1. The zero-order chi connectivity index (χ0) is 25.2. The second-order valence-electron chi connectivity index (χ2n) is 8.91. The third kappa shape index (κ3) is 4.40. The lowest BCUT2D eigenvalue weighted by atomic mass is 9.92. The summed E-state index contributed by atoms with van der Waals surface area (Å²) in [5, 5.41) is 4.13. The van der Waals surface area contributed by atoms with Gasteiger partial charge in [-0.05, 0) is 73.9 Å². The molecule has 4 aromatic rings. The standard InChI is InChI=1S/C29H29N3O4/c1-4-36-28(33)20-9-11-21(12-10-20)30-29(34)32-16-15-23-24-17-22(35-3)13-14-25(24)31-26(23)27(32)19-7-5-18(2)6-8-19/h5-14,17,27,31H,4,15-16H2,1-3H3,(H,30,34)/t27-/m0/s1. The fraction of sp³-hybridized carbons (Fsp3) is 0.241. The van der Waals surface area contributed by atoms with Crippen LogP contribution in [0.3, 0.4) is 0 Å². The van der Waals surface area contributed by atoms with E-state index in [1.807, 2.05) is 17.0 Å². The molecule has 3 aromatic carbocycles. The number of urea groups is 1. The third-order valence-corrected chi connectivity index (χ3v) is 6.64. The molecule has 0 fully saturated rings. The van der Waals surface area contributed by atoms with E-state index in [4.69, 9.17) is 9.47 Å². The summed E-state index contributed by atoms with van der Waals surface area (Å²) >= 11 is 0. The maximum Gasteiger partial charge on any atom is 0.338 e. The molecule has 0 saturated carbocycles. The number of nitrogens with zero attached hydrogens (tertiary/aromatic N) is 1. The van der Waals surface area contributed by atoms with Gasteiger partial charge in [0, 0.05) is 28.8 Å². The third-order valence-electron chi connectivity index (χ3n) is 6.64. The summed E-state index contributed by atoms with van der Waals surface area (Å²) in [4.78, 5) is 30.9. The van der Waals surface area contributed by atoms with Crippen LogP contribution in [-0.2, 0) is 11.2 Å². The summed E-state index contributed by atoms with van der Waals surface area (Å²) in [6, 6.07) is 20.6. The zero-order valence-corrected chi connectivity index (χ0v) is 20.6. The molecule has 2 N–H and O–H groups in total. The number of aryl methyl sites for hydroxylation is 1. The lowest BCUT2D eigenvalue weighted by Crippen LogP contribution is -2.43. The van der Waals surface area contributed by atoms with Crippen LogP contribution in [0, 0.1) is 6.92 Å². The summed E-state index contributed by atoms with van der Waals surface area (Å²) in [6.07, 6.45) is 0.722. The van der Waals surface area contributed by atoms with Crippen molar-refractivity contribution >= 4 is 28.6 Å². The highest BCUT2D eigenvalue weighted by atomic mass is 16.5. The molecule has 0 aliphatic carbocycles. The number of rotatable bonds is 5. The average Bonchev–Trinajstić information content (AvgIpc) is 3.27. The molecule has 2 heterocycles. The van der Waals surface area contributed by atoms with Crippen LogP contribution in [0.15, 0.2) is 66.7 Å². The number of carbonyl (C=O) groups is 2. The smallest absolute Gasteiger partial charge is 0.338 e.